The first kappa shape index (κ1) is 21.2. The molecule has 0 N–H and O–H groups in total. The number of hydrogen-bond acceptors (Lipinski definition) is 1. The highest BCUT2D eigenvalue weighted by molar-refractivity contribution is 5.69. The van der Waals surface area contributed by atoms with Crippen LogP contribution < -0.4 is 0 Å². The second kappa shape index (κ2) is 11.6. The van der Waals surface area contributed by atoms with Crippen molar-refractivity contribution >= 4 is 11.1 Å². The minimum Gasteiger partial charge on any atom is -0.372 e. The quantitative estimate of drug-likeness (QED) is 0.391. The summed E-state index contributed by atoms with van der Waals surface area (Å²) in [6, 6.07) is 17.1. The summed E-state index contributed by atoms with van der Waals surface area (Å²) in [5, 5.41) is 0. The Kier molecular flexibility index (Phi) is 9.07. The van der Waals surface area contributed by atoms with E-state index in [0.717, 1.165) is 24.0 Å². The van der Waals surface area contributed by atoms with Gasteiger partial charge in [-0.1, -0.05) is 88.4 Å². The molecule has 0 fully saturated rings. The predicted octanol–water partition coefficient (Wildman–Crippen LogP) is 7.12. The van der Waals surface area contributed by atoms with Gasteiger partial charge in [-0.3, -0.25) is 0 Å². The van der Waals surface area contributed by atoms with Gasteiger partial charge in [-0.2, -0.15) is 0 Å². The lowest BCUT2D eigenvalue weighted by atomic mass is 9.97. The van der Waals surface area contributed by atoms with Gasteiger partial charge in [0.25, 0.3) is 0 Å². The average Bonchev–Trinajstić information content (AvgIpc) is 2.70. The lowest BCUT2D eigenvalue weighted by Crippen LogP contribution is -2.04. The molecule has 2 aromatic rings. The highest BCUT2D eigenvalue weighted by Gasteiger charge is 2.08. The lowest BCUT2D eigenvalue weighted by molar-refractivity contribution is 0.205. The number of unbranched alkanes of at least 4 members (excludes halogenated alkanes) is 2. The summed E-state index contributed by atoms with van der Waals surface area (Å²) in [7, 11) is 0. The van der Waals surface area contributed by atoms with Crippen molar-refractivity contribution in [3.63, 3.8) is 0 Å². The molecule has 0 aliphatic heterocycles. The number of hydrogen-bond donors (Lipinski definition) is 0. The van der Waals surface area contributed by atoms with E-state index in [-0.39, 0.29) is 0 Å². The molecule has 0 saturated heterocycles. The van der Waals surface area contributed by atoms with Crippen LogP contribution in [0.3, 0.4) is 0 Å². The molecule has 27 heavy (non-hydrogen) atoms. The van der Waals surface area contributed by atoms with Gasteiger partial charge in [-0.25, -0.2) is 0 Å². The second-order valence-corrected chi connectivity index (χ2v) is 7.22. The third-order valence-corrected chi connectivity index (χ3v) is 4.95. The molecular weight excluding hydrogens is 328 g/mol. The van der Waals surface area contributed by atoms with Crippen LogP contribution in [0.1, 0.15) is 61.8 Å². The monoisotopic (exact) mass is 362 g/mol. The van der Waals surface area contributed by atoms with Crippen molar-refractivity contribution in [2.75, 3.05) is 13.2 Å². The van der Waals surface area contributed by atoms with Crippen molar-refractivity contribution in [1.82, 2.24) is 0 Å². The number of benzene rings is 2. The van der Waals surface area contributed by atoms with Gasteiger partial charge in [0.2, 0.25) is 0 Å². The van der Waals surface area contributed by atoms with Crippen LogP contribution in [0.4, 0.5) is 0 Å². The van der Waals surface area contributed by atoms with Crippen LogP contribution in [0.15, 0.2) is 61.7 Å². The van der Waals surface area contributed by atoms with Gasteiger partial charge in [0.1, 0.15) is 0 Å². The van der Waals surface area contributed by atoms with Gasteiger partial charge in [-0.15, -0.1) is 0 Å². The summed E-state index contributed by atoms with van der Waals surface area (Å²) >= 11 is 0. The van der Waals surface area contributed by atoms with Crippen molar-refractivity contribution in [3.8, 4) is 0 Å². The molecule has 1 nitrogen and oxygen atoms in total. The van der Waals surface area contributed by atoms with Crippen LogP contribution in [-0.2, 0) is 17.6 Å². The van der Waals surface area contributed by atoms with Crippen LogP contribution >= 0.6 is 0 Å². The molecule has 2 rings (SSSR count). The van der Waals surface area contributed by atoms with E-state index in [0.29, 0.717) is 13.2 Å². The molecule has 0 saturated carbocycles. The first-order valence-corrected chi connectivity index (χ1v) is 10.3. The van der Waals surface area contributed by atoms with Crippen LogP contribution in [-0.4, -0.2) is 13.2 Å². The fourth-order valence-corrected chi connectivity index (χ4v) is 3.35. The fourth-order valence-electron chi connectivity index (χ4n) is 3.35. The summed E-state index contributed by atoms with van der Waals surface area (Å²) in [6.07, 6.45) is 7.02. The zero-order valence-electron chi connectivity index (χ0n) is 17.1. The molecule has 0 aromatic heterocycles. The maximum Gasteiger partial charge on any atom is 0.0721 e. The Hall–Kier alpha value is -2.12. The van der Waals surface area contributed by atoms with E-state index >= 15 is 0 Å². The van der Waals surface area contributed by atoms with E-state index in [9.17, 15) is 0 Å². The van der Waals surface area contributed by atoms with Crippen molar-refractivity contribution in [2.24, 2.45) is 0 Å². The van der Waals surface area contributed by atoms with E-state index in [1.54, 1.807) is 0 Å². The molecule has 0 amide bonds. The van der Waals surface area contributed by atoms with Crippen molar-refractivity contribution < 1.29 is 4.74 Å². The summed E-state index contributed by atoms with van der Waals surface area (Å²) in [5.74, 6) is 0. The van der Waals surface area contributed by atoms with Crippen molar-refractivity contribution in [2.45, 2.75) is 52.4 Å². The van der Waals surface area contributed by atoms with Gasteiger partial charge in [0.15, 0.2) is 0 Å². The maximum absolute atomic E-state index is 5.99. The van der Waals surface area contributed by atoms with Crippen LogP contribution in [0.25, 0.3) is 11.1 Å². The largest absolute Gasteiger partial charge is 0.372 e. The smallest absolute Gasteiger partial charge is 0.0721 e. The number of ether oxygens (including phenoxy) is 1. The molecule has 2 aromatic carbocycles. The maximum atomic E-state index is 5.99. The topological polar surface area (TPSA) is 9.23 Å². The summed E-state index contributed by atoms with van der Waals surface area (Å²) in [6.45, 7) is 14.1. The zero-order valence-corrected chi connectivity index (χ0v) is 17.1. The highest BCUT2D eigenvalue weighted by atomic mass is 16.5. The van der Waals surface area contributed by atoms with Crippen molar-refractivity contribution in [3.05, 3.63) is 83.9 Å². The minimum absolute atomic E-state index is 0.541. The van der Waals surface area contributed by atoms with Crippen LogP contribution in [0.2, 0.25) is 0 Å². The van der Waals surface area contributed by atoms with E-state index in [4.69, 9.17) is 4.74 Å². The Morgan fingerprint density at radius 2 is 1.11 bits per heavy atom. The third-order valence-electron chi connectivity index (χ3n) is 4.95. The first-order chi connectivity index (χ1) is 13.2. The molecule has 0 atom stereocenters. The van der Waals surface area contributed by atoms with E-state index in [1.165, 1.54) is 47.9 Å². The second-order valence-electron chi connectivity index (χ2n) is 7.22. The van der Waals surface area contributed by atoms with Crippen LogP contribution in [0.5, 0.6) is 0 Å². The van der Waals surface area contributed by atoms with Gasteiger partial charge >= 0.3 is 0 Å². The van der Waals surface area contributed by atoms with E-state index in [2.05, 4.69) is 75.5 Å². The average molecular weight is 363 g/mol. The van der Waals surface area contributed by atoms with Gasteiger partial charge in [0.05, 0.1) is 13.2 Å². The Balaban J connectivity index is 1.93. The van der Waals surface area contributed by atoms with Gasteiger partial charge in [-0.05, 0) is 59.1 Å². The molecule has 0 spiro atoms. The molecule has 0 unspecified atom stereocenters. The number of rotatable bonds is 12. The van der Waals surface area contributed by atoms with E-state index in [1.807, 2.05) is 0 Å². The Labute approximate surface area is 165 Å². The Morgan fingerprint density at radius 1 is 0.704 bits per heavy atom. The molecule has 0 heterocycles. The molecule has 1 heteroatoms. The third kappa shape index (κ3) is 6.52. The first-order valence-electron chi connectivity index (χ1n) is 10.3. The van der Waals surface area contributed by atoms with Gasteiger partial charge in [0, 0.05) is 0 Å². The summed E-state index contributed by atoms with van der Waals surface area (Å²) in [4.78, 5) is 0. The molecule has 144 valence electrons. The predicted molar refractivity (Wildman–Crippen MR) is 119 cm³/mol. The summed E-state index contributed by atoms with van der Waals surface area (Å²) in [5.41, 5.74) is 7.32. The molecular formula is C26H34O. The molecule has 0 aliphatic carbocycles. The molecule has 0 bridgehead atoms. The number of aryl methyl sites for hydroxylation is 2. The lowest BCUT2D eigenvalue weighted by Gasteiger charge is -2.15. The highest BCUT2D eigenvalue weighted by Crippen LogP contribution is 2.23. The Bertz CT molecular complexity index is 678. The van der Waals surface area contributed by atoms with Crippen molar-refractivity contribution in [1.29, 1.82) is 0 Å². The standard InChI is InChI=1S/C26H34O/c1-5-7-13-23-15-9-11-17-25(23)21(3)19-27-20-22(4)26-18-12-10-16-24(26)14-8-6-2/h9-12,15-18H,3-8,13-14,19-20H2,1-2H3. The minimum atomic E-state index is 0.541. The summed E-state index contributed by atoms with van der Waals surface area (Å²) < 4.78 is 5.99. The Morgan fingerprint density at radius 3 is 1.52 bits per heavy atom. The van der Waals surface area contributed by atoms with E-state index < -0.39 is 0 Å². The molecule has 0 aliphatic rings. The molecule has 0 radical (unpaired) electrons. The fraction of sp³-hybridized carbons (Fsp3) is 0.385. The normalized spacial score (nSPS) is 10.7. The zero-order chi connectivity index (χ0) is 19.5. The SMILES string of the molecule is C=C(COCC(=C)c1ccccc1CCCC)c1ccccc1CCCC. The van der Waals surface area contributed by atoms with Gasteiger partial charge < -0.3 is 4.74 Å². The van der Waals surface area contributed by atoms with Crippen LogP contribution in [0, 0.1) is 0 Å².